The van der Waals surface area contributed by atoms with E-state index < -0.39 is 0 Å². The maximum atomic E-state index is 11.4. The normalized spacial score (nSPS) is 12.5. The second-order valence-corrected chi connectivity index (χ2v) is 7.95. The quantitative estimate of drug-likeness (QED) is 0.412. The highest BCUT2D eigenvalue weighted by molar-refractivity contribution is 5.78. The Hall–Kier alpha value is -3.13. The van der Waals surface area contributed by atoms with E-state index in [1.807, 2.05) is 31.2 Å². The highest BCUT2D eigenvalue weighted by atomic mass is 16.5. The van der Waals surface area contributed by atoms with Crippen molar-refractivity contribution in [3.63, 3.8) is 0 Å². The Morgan fingerprint density at radius 2 is 1.60 bits per heavy atom. The molecule has 1 unspecified atom stereocenters. The fourth-order valence-electron chi connectivity index (χ4n) is 3.41. The third kappa shape index (κ3) is 5.70. The summed E-state index contributed by atoms with van der Waals surface area (Å²) in [5, 5.41) is 0. The van der Waals surface area contributed by atoms with Crippen LogP contribution in [0.2, 0.25) is 0 Å². The van der Waals surface area contributed by atoms with Crippen LogP contribution < -0.4 is 4.74 Å². The van der Waals surface area contributed by atoms with Gasteiger partial charge in [-0.25, -0.2) is 0 Å². The van der Waals surface area contributed by atoms with Crippen molar-refractivity contribution in [2.24, 2.45) is 5.92 Å². The van der Waals surface area contributed by atoms with Crippen LogP contribution in [-0.4, -0.2) is 12.4 Å². The number of hydrogen-bond acceptors (Lipinski definition) is 2. The number of carbonyl (C=O) groups excluding carboxylic acids is 1. The van der Waals surface area contributed by atoms with Crippen molar-refractivity contribution >= 4 is 11.4 Å². The molecule has 2 heteroatoms. The fourth-order valence-corrected chi connectivity index (χ4v) is 3.41. The Labute approximate surface area is 180 Å². The van der Waals surface area contributed by atoms with E-state index in [4.69, 9.17) is 4.74 Å². The van der Waals surface area contributed by atoms with Gasteiger partial charge in [0, 0.05) is 5.92 Å². The van der Waals surface area contributed by atoms with Crippen LogP contribution in [-0.2, 0) is 11.2 Å². The predicted molar refractivity (Wildman–Crippen MR) is 126 cm³/mol. The SMILES string of the molecule is CC(=O)C(C)Cc1ccc(OC/C=C(\C)c2ccc(-c3ccccc3C)cc2)cc1. The van der Waals surface area contributed by atoms with E-state index in [1.54, 1.807) is 6.92 Å². The van der Waals surface area contributed by atoms with Crippen LogP contribution in [0.5, 0.6) is 5.75 Å². The first-order valence-electron chi connectivity index (χ1n) is 10.5. The molecule has 0 amide bonds. The molecule has 3 rings (SSSR count). The summed E-state index contributed by atoms with van der Waals surface area (Å²) in [5.41, 5.74) is 7.34. The third-order valence-corrected chi connectivity index (χ3v) is 5.60. The summed E-state index contributed by atoms with van der Waals surface area (Å²) in [7, 11) is 0. The summed E-state index contributed by atoms with van der Waals surface area (Å²) in [6, 6.07) is 25.2. The van der Waals surface area contributed by atoms with Crippen LogP contribution in [0.3, 0.4) is 0 Å². The molecule has 0 heterocycles. The Balaban J connectivity index is 1.57. The lowest BCUT2D eigenvalue weighted by molar-refractivity contribution is -0.120. The van der Waals surface area contributed by atoms with Gasteiger partial charge < -0.3 is 4.74 Å². The smallest absolute Gasteiger partial charge is 0.132 e. The number of allylic oxidation sites excluding steroid dienone is 1. The molecule has 0 aliphatic heterocycles. The number of ether oxygens (including phenoxy) is 1. The van der Waals surface area contributed by atoms with Crippen LogP contribution in [0.15, 0.2) is 78.9 Å². The molecular formula is C28H30O2. The molecule has 2 nitrogen and oxygen atoms in total. The number of carbonyl (C=O) groups is 1. The summed E-state index contributed by atoms with van der Waals surface area (Å²) in [6.45, 7) is 8.38. The molecule has 0 bridgehead atoms. The van der Waals surface area contributed by atoms with Gasteiger partial charge in [-0.1, -0.05) is 67.6 Å². The van der Waals surface area contributed by atoms with Crippen molar-refractivity contribution in [2.75, 3.05) is 6.61 Å². The molecule has 0 saturated heterocycles. The van der Waals surface area contributed by atoms with Gasteiger partial charge in [0.2, 0.25) is 0 Å². The minimum absolute atomic E-state index is 0.0551. The van der Waals surface area contributed by atoms with Crippen molar-refractivity contribution < 1.29 is 9.53 Å². The van der Waals surface area contributed by atoms with E-state index in [2.05, 4.69) is 68.5 Å². The van der Waals surface area contributed by atoms with Gasteiger partial charge in [-0.3, -0.25) is 4.79 Å². The summed E-state index contributed by atoms with van der Waals surface area (Å²) in [4.78, 5) is 11.4. The zero-order valence-corrected chi connectivity index (χ0v) is 18.3. The zero-order chi connectivity index (χ0) is 21.5. The number of Topliss-reactive ketones (excluding diaryl/α,β-unsaturated/α-hetero) is 1. The van der Waals surface area contributed by atoms with Gasteiger partial charge in [0.05, 0.1) is 0 Å². The van der Waals surface area contributed by atoms with Crippen LogP contribution in [0, 0.1) is 12.8 Å². The molecule has 30 heavy (non-hydrogen) atoms. The number of aryl methyl sites for hydroxylation is 1. The van der Waals surface area contributed by atoms with Gasteiger partial charge in [-0.15, -0.1) is 0 Å². The Kier molecular flexibility index (Phi) is 7.24. The first-order chi connectivity index (χ1) is 14.4. The van der Waals surface area contributed by atoms with Crippen LogP contribution in [0.4, 0.5) is 0 Å². The topological polar surface area (TPSA) is 26.3 Å². The van der Waals surface area contributed by atoms with Gasteiger partial charge in [-0.05, 0) is 78.8 Å². The van der Waals surface area contributed by atoms with Crippen molar-refractivity contribution in [2.45, 2.75) is 34.1 Å². The minimum atomic E-state index is 0.0551. The molecule has 1 atom stereocenters. The number of rotatable bonds is 8. The van der Waals surface area contributed by atoms with E-state index in [0.717, 1.165) is 17.7 Å². The number of ketones is 1. The second-order valence-electron chi connectivity index (χ2n) is 7.95. The number of benzene rings is 3. The fraction of sp³-hybridized carbons (Fsp3) is 0.250. The lowest BCUT2D eigenvalue weighted by Gasteiger charge is -2.10. The van der Waals surface area contributed by atoms with Crippen molar-refractivity contribution in [3.8, 4) is 16.9 Å². The van der Waals surface area contributed by atoms with Gasteiger partial charge in [-0.2, -0.15) is 0 Å². The lowest BCUT2D eigenvalue weighted by Crippen LogP contribution is -2.09. The third-order valence-electron chi connectivity index (χ3n) is 5.60. The van der Waals surface area contributed by atoms with Crippen molar-refractivity contribution in [3.05, 3.63) is 95.6 Å². The Bertz CT molecular complexity index is 1010. The maximum Gasteiger partial charge on any atom is 0.132 e. The van der Waals surface area contributed by atoms with Gasteiger partial charge >= 0.3 is 0 Å². The maximum absolute atomic E-state index is 11.4. The van der Waals surface area contributed by atoms with Crippen LogP contribution in [0.25, 0.3) is 16.7 Å². The van der Waals surface area contributed by atoms with E-state index in [0.29, 0.717) is 6.61 Å². The molecule has 3 aromatic rings. The van der Waals surface area contributed by atoms with E-state index in [-0.39, 0.29) is 11.7 Å². The predicted octanol–water partition coefficient (Wildman–Crippen LogP) is 6.91. The highest BCUT2D eigenvalue weighted by Crippen LogP contribution is 2.25. The summed E-state index contributed by atoms with van der Waals surface area (Å²) >= 11 is 0. The molecule has 3 aromatic carbocycles. The average Bonchev–Trinajstić information content (AvgIpc) is 2.75. The lowest BCUT2D eigenvalue weighted by atomic mass is 9.98. The average molecular weight is 399 g/mol. The van der Waals surface area contributed by atoms with E-state index >= 15 is 0 Å². The molecule has 0 aliphatic carbocycles. The van der Waals surface area contributed by atoms with Crippen LogP contribution in [0.1, 0.15) is 37.5 Å². The van der Waals surface area contributed by atoms with Crippen molar-refractivity contribution in [1.29, 1.82) is 0 Å². The van der Waals surface area contributed by atoms with Crippen molar-refractivity contribution in [1.82, 2.24) is 0 Å². The molecule has 0 saturated carbocycles. The molecule has 154 valence electrons. The largest absolute Gasteiger partial charge is 0.490 e. The standard InChI is InChI=1S/C28H30O2/c1-20(25-11-13-26(14-12-25)28-8-6-5-7-21(28)2)17-18-30-27-15-9-24(10-16-27)19-22(3)23(4)29/h5-17,22H,18-19H2,1-4H3/b20-17+. The Morgan fingerprint density at radius 3 is 2.23 bits per heavy atom. The molecule has 0 fully saturated rings. The first kappa shape index (κ1) is 21.6. The van der Waals surface area contributed by atoms with Gasteiger partial charge in [0.1, 0.15) is 18.1 Å². The molecule has 0 spiro atoms. The van der Waals surface area contributed by atoms with Gasteiger partial charge in [0.15, 0.2) is 0 Å². The van der Waals surface area contributed by atoms with Crippen LogP contribution >= 0.6 is 0 Å². The molecule has 0 aromatic heterocycles. The first-order valence-corrected chi connectivity index (χ1v) is 10.5. The highest BCUT2D eigenvalue weighted by Gasteiger charge is 2.08. The number of hydrogen-bond donors (Lipinski definition) is 0. The van der Waals surface area contributed by atoms with E-state index in [9.17, 15) is 4.79 Å². The Morgan fingerprint density at radius 1 is 0.933 bits per heavy atom. The second kappa shape index (κ2) is 10.1. The molecule has 0 radical (unpaired) electrons. The van der Waals surface area contributed by atoms with E-state index in [1.165, 1.54) is 27.8 Å². The summed E-state index contributed by atoms with van der Waals surface area (Å²) in [6.07, 6.45) is 2.88. The zero-order valence-electron chi connectivity index (χ0n) is 18.3. The van der Waals surface area contributed by atoms with Gasteiger partial charge in [0.25, 0.3) is 0 Å². The molecular weight excluding hydrogens is 368 g/mol. The monoisotopic (exact) mass is 398 g/mol. The molecule has 0 N–H and O–H groups in total. The minimum Gasteiger partial charge on any atom is -0.490 e. The molecule has 0 aliphatic rings. The summed E-state index contributed by atoms with van der Waals surface area (Å²) < 4.78 is 5.87. The summed E-state index contributed by atoms with van der Waals surface area (Å²) in [5.74, 6) is 1.12.